The number of aliphatic hydroxyl groups is 1. The molecule has 3 nitrogen and oxygen atoms in total. The third-order valence-electron chi connectivity index (χ3n) is 1.47. The number of nitrogens with one attached hydrogen (secondary N) is 1. The molecule has 0 aliphatic heterocycles. The predicted molar refractivity (Wildman–Crippen MR) is 46.7 cm³/mol. The highest BCUT2D eigenvalue weighted by atomic mass is 16.3. The lowest BCUT2D eigenvalue weighted by Crippen LogP contribution is -2.34. The highest BCUT2D eigenvalue weighted by Crippen LogP contribution is 2.01. The van der Waals surface area contributed by atoms with Crippen molar-refractivity contribution in [3.8, 4) is 0 Å². The second kappa shape index (κ2) is 3.74. The van der Waals surface area contributed by atoms with Crippen molar-refractivity contribution < 1.29 is 9.52 Å². The van der Waals surface area contributed by atoms with Crippen molar-refractivity contribution in [2.75, 3.05) is 6.54 Å². The van der Waals surface area contributed by atoms with Gasteiger partial charge in [0.25, 0.3) is 0 Å². The molecule has 0 saturated carbocycles. The number of hydrogen-bond donors (Lipinski definition) is 2. The maximum absolute atomic E-state index is 9.36. The van der Waals surface area contributed by atoms with Crippen LogP contribution in [-0.4, -0.2) is 17.3 Å². The summed E-state index contributed by atoms with van der Waals surface area (Å²) in [7, 11) is 0. The lowest BCUT2D eigenvalue weighted by Gasteiger charge is -2.17. The van der Waals surface area contributed by atoms with Crippen LogP contribution < -0.4 is 5.32 Å². The van der Waals surface area contributed by atoms with Crippen LogP contribution in [0.2, 0.25) is 0 Å². The fourth-order valence-corrected chi connectivity index (χ4v) is 0.906. The zero-order chi connectivity index (χ0) is 9.03. The van der Waals surface area contributed by atoms with Gasteiger partial charge in [0.2, 0.25) is 0 Å². The van der Waals surface area contributed by atoms with Gasteiger partial charge in [0, 0.05) is 18.7 Å². The molecule has 0 bridgehead atoms. The summed E-state index contributed by atoms with van der Waals surface area (Å²) in [5.41, 5.74) is 0.447. The molecule has 0 aromatic carbocycles. The van der Waals surface area contributed by atoms with Crippen LogP contribution in [0.4, 0.5) is 0 Å². The largest absolute Gasteiger partial charge is 0.472 e. The normalized spacial score (nSPS) is 11.9. The van der Waals surface area contributed by atoms with Crippen LogP contribution in [0, 0.1) is 0 Å². The van der Waals surface area contributed by atoms with Gasteiger partial charge in [0.05, 0.1) is 18.1 Å². The van der Waals surface area contributed by atoms with E-state index in [1.165, 1.54) is 0 Å². The average molecular weight is 169 g/mol. The van der Waals surface area contributed by atoms with Crippen LogP contribution in [0.25, 0.3) is 0 Å². The smallest absolute Gasteiger partial charge is 0.0947 e. The molecule has 12 heavy (non-hydrogen) atoms. The van der Waals surface area contributed by atoms with E-state index < -0.39 is 5.60 Å². The lowest BCUT2D eigenvalue weighted by atomic mass is 10.1. The van der Waals surface area contributed by atoms with Crippen molar-refractivity contribution in [2.24, 2.45) is 0 Å². The van der Waals surface area contributed by atoms with Gasteiger partial charge in [-0.05, 0) is 19.9 Å². The first-order valence-electron chi connectivity index (χ1n) is 4.02. The molecule has 0 saturated heterocycles. The Bertz CT molecular complexity index is 211. The summed E-state index contributed by atoms with van der Waals surface area (Å²) in [6.45, 7) is 4.86. The Hall–Kier alpha value is -0.800. The van der Waals surface area contributed by atoms with E-state index in [1.807, 2.05) is 6.07 Å². The number of furan rings is 1. The van der Waals surface area contributed by atoms with Crippen molar-refractivity contribution in [3.05, 3.63) is 24.2 Å². The van der Waals surface area contributed by atoms with Gasteiger partial charge in [-0.3, -0.25) is 0 Å². The van der Waals surface area contributed by atoms with E-state index in [1.54, 1.807) is 26.4 Å². The summed E-state index contributed by atoms with van der Waals surface area (Å²) >= 11 is 0. The van der Waals surface area contributed by atoms with E-state index in [2.05, 4.69) is 5.32 Å². The molecule has 1 rings (SSSR count). The zero-order valence-corrected chi connectivity index (χ0v) is 7.50. The summed E-state index contributed by atoms with van der Waals surface area (Å²) in [6.07, 6.45) is 3.33. The predicted octanol–water partition coefficient (Wildman–Crippen LogP) is 1.14. The van der Waals surface area contributed by atoms with Crippen molar-refractivity contribution >= 4 is 0 Å². The van der Waals surface area contributed by atoms with E-state index in [0.717, 1.165) is 12.1 Å². The van der Waals surface area contributed by atoms with Crippen molar-refractivity contribution in [1.29, 1.82) is 0 Å². The molecule has 0 atom stereocenters. The van der Waals surface area contributed by atoms with Gasteiger partial charge >= 0.3 is 0 Å². The number of hydrogen-bond acceptors (Lipinski definition) is 3. The Morgan fingerprint density at radius 1 is 1.58 bits per heavy atom. The third-order valence-corrected chi connectivity index (χ3v) is 1.47. The maximum Gasteiger partial charge on any atom is 0.0947 e. The van der Waals surface area contributed by atoms with Crippen LogP contribution >= 0.6 is 0 Å². The highest BCUT2D eigenvalue weighted by molar-refractivity contribution is 5.04. The fraction of sp³-hybridized carbons (Fsp3) is 0.556. The van der Waals surface area contributed by atoms with E-state index in [9.17, 15) is 5.11 Å². The Labute approximate surface area is 72.4 Å². The van der Waals surface area contributed by atoms with Crippen molar-refractivity contribution in [1.82, 2.24) is 5.32 Å². The average Bonchev–Trinajstić information content (AvgIpc) is 2.36. The van der Waals surface area contributed by atoms with E-state index in [4.69, 9.17) is 4.42 Å². The van der Waals surface area contributed by atoms with E-state index >= 15 is 0 Å². The van der Waals surface area contributed by atoms with Gasteiger partial charge in [-0.15, -0.1) is 0 Å². The van der Waals surface area contributed by atoms with Crippen LogP contribution in [0.1, 0.15) is 19.4 Å². The van der Waals surface area contributed by atoms with Crippen molar-refractivity contribution in [2.45, 2.75) is 26.0 Å². The Kier molecular flexibility index (Phi) is 2.89. The molecule has 3 heteroatoms. The Morgan fingerprint density at radius 2 is 2.33 bits per heavy atom. The summed E-state index contributed by atoms with van der Waals surface area (Å²) in [5.74, 6) is 0. The van der Waals surface area contributed by atoms with Gasteiger partial charge in [-0.2, -0.15) is 0 Å². The standard InChI is InChI=1S/C9H15NO2/c1-9(2,11)7-10-5-8-3-4-12-6-8/h3-4,6,10-11H,5,7H2,1-2H3. The molecule has 1 aromatic heterocycles. The Balaban J connectivity index is 2.20. The Morgan fingerprint density at radius 3 is 2.83 bits per heavy atom. The molecule has 0 radical (unpaired) electrons. The SMILES string of the molecule is CC(C)(O)CNCc1ccoc1. The van der Waals surface area contributed by atoms with Gasteiger partial charge in [-0.1, -0.05) is 0 Å². The molecule has 0 aliphatic rings. The third kappa shape index (κ3) is 3.55. The minimum absolute atomic E-state index is 0.582. The molecule has 0 fully saturated rings. The zero-order valence-electron chi connectivity index (χ0n) is 7.50. The molecule has 0 aliphatic carbocycles. The topological polar surface area (TPSA) is 45.4 Å². The van der Waals surface area contributed by atoms with E-state index in [0.29, 0.717) is 6.54 Å². The lowest BCUT2D eigenvalue weighted by molar-refractivity contribution is 0.0795. The molecule has 0 unspecified atom stereocenters. The van der Waals surface area contributed by atoms with Crippen LogP contribution in [0.5, 0.6) is 0 Å². The molecule has 0 amide bonds. The summed E-state index contributed by atoms with van der Waals surface area (Å²) in [4.78, 5) is 0. The number of rotatable bonds is 4. The minimum atomic E-state index is -0.649. The first-order chi connectivity index (χ1) is 5.58. The molecule has 2 N–H and O–H groups in total. The second-order valence-corrected chi connectivity index (χ2v) is 3.55. The van der Waals surface area contributed by atoms with Crippen LogP contribution in [-0.2, 0) is 6.54 Å². The maximum atomic E-state index is 9.36. The molecule has 1 aromatic rings. The minimum Gasteiger partial charge on any atom is -0.472 e. The van der Waals surface area contributed by atoms with Crippen molar-refractivity contribution in [3.63, 3.8) is 0 Å². The van der Waals surface area contributed by atoms with Gasteiger partial charge in [0.15, 0.2) is 0 Å². The molecular formula is C9H15NO2. The molecular weight excluding hydrogens is 154 g/mol. The van der Waals surface area contributed by atoms with Crippen LogP contribution in [0.3, 0.4) is 0 Å². The molecule has 1 heterocycles. The summed E-state index contributed by atoms with van der Waals surface area (Å²) < 4.78 is 4.89. The van der Waals surface area contributed by atoms with Gasteiger partial charge in [0.1, 0.15) is 0 Å². The van der Waals surface area contributed by atoms with Gasteiger partial charge in [-0.25, -0.2) is 0 Å². The monoisotopic (exact) mass is 169 g/mol. The van der Waals surface area contributed by atoms with Crippen LogP contribution in [0.15, 0.2) is 23.0 Å². The molecule has 0 spiro atoms. The van der Waals surface area contributed by atoms with E-state index in [-0.39, 0.29) is 0 Å². The molecule has 68 valence electrons. The summed E-state index contributed by atoms with van der Waals surface area (Å²) in [6, 6.07) is 1.90. The first-order valence-corrected chi connectivity index (χ1v) is 4.02. The quantitative estimate of drug-likeness (QED) is 0.710. The van der Waals surface area contributed by atoms with Gasteiger partial charge < -0.3 is 14.8 Å². The summed E-state index contributed by atoms with van der Waals surface area (Å²) in [5, 5.41) is 12.5. The second-order valence-electron chi connectivity index (χ2n) is 3.55. The fourth-order valence-electron chi connectivity index (χ4n) is 0.906. The first kappa shape index (κ1) is 9.29. The highest BCUT2D eigenvalue weighted by Gasteiger charge is 2.10.